The van der Waals surface area contributed by atoms with Gasteiger partial charge in [-0.1, -0.05) is 42.5 Å². The lowest BCUT2D eigenvalue weighted by Crippen LogP contribution is -2.37. The Morgan fingerprint density at radius 2 is 1.61 bits per heavy atom. The quantitative estimate of drug-likeness (QED) is 0.175. The van der Waals surface area contributed by atoms with Gasteiger partial charge in [0, 0.05) is 13.0 Å². The van der Waals surface area contributed by atoms with E-state index < -0.39 is 5.92 Å². The molecule has 2 atom stereocenters. The number of hydrogen-bond acceptors (Lipinski definition) is 6. The summed E-state index contributed by atoms with van der Waals surface area (Å²) in [5.74, 6) is -1.81. The monoisotopic (exact) mass is 460 g/mol. The van der Waals surface area contributed by atoms with Crippen molar-refractivity contribution in [2.24, 2.45) is 11.8 Å². The molecule has 2 amide bonds. The minimum Gasteiger partial charge on any atom is -0.464 e. The van der Waals surface area contributed by atoms with Gasteiger partial charge >= 0.3 is 5.97 Å². The molecule has 33 heavy (non-hydrogen) atoms. The van der Waals surface area contributed by atoms with Gasteiger partial charge in [0.05, 0.1) is 38.2 Å². The van der Waals surface area contributed by atoms with Gasteiger partial charge in [0.15, 0.2) is 0 Å². The first kappa shape index (κ1) is 28.1. The van der Waals surface area contributed by atoms with Crippen molar-refractivity contribution >= 4 is 17.8 Å². The summed E-state index contributed by atoms with van der Waals surface area (Å²) in [6, 6.07) is 9.69. The Labute approximate surface area is 196 Å². The Bertz CT molecular complexity index is 738. The number of aliphatic hydroxyl groups excluding tert-OH is 1. The molecule has 1 aromatic rings. The van der Waals surface area contributed by atoms with Gasteiger partial charge < -0.3 is 25.2 Å². The van der Waals surface area contributed by atoms with Crippen molar-refractivity contribution in [3.63, 3.8) is 0 Å². The van der Waals surface area contributed by atoms with Crippen LogP contribution in [0.5, 0.6) is 0 Å². The summed E-state index contributed by atoms with van der Waals surface area (Å²) in [7, 11) is 0. The van der Waals surface area contributed by atoms with Crippen molar-refractivity contribution in [2.75, 3.05) is 39.5 Å². The maximum atomic E-state index is 12.5. The molecule has 0 aliphatic heterocycles. The summed E-state index contributed by atoms with van der Waals surface area (Å²) in [5.41, 5.74) is 1.04. The van der Waals surface area contributed by atoms with Crippen LogP contribution in [0.25, 0.3) is 0 Å². The molecular weight excluding hydrogens is 424 g/mol. The van der Waals surface area contributed by atoms with E-state index in [1.54, 1.807) is 12.2 Å². The van der Waals surface area contributed by atoms with Gasteiger partial charge in [0.2, 0.25) is 11.8 Å². The van der Waals surface area contributed by atoms with Crippen LogP contribution in [0.2, 0.25) is 0 Å². The molecule has 182 valence electrons. The van der Waals surface area contributed by atoms with Crippen molar-refractivity contribution in [3.8, 4) is 0 Å². The van der Waals surface area contributed by atoms with Crippen molar-refractivity contribution in [1.29, 1.82) is 0 Å². The number of carbonyl (C=O) groups excluding carboxylic acids is 3. The number of amides is 2. The standard InChI is InChI=1S/C25H36N2O6/c1-3-8-21(19-23(29)26-12-15-32-17-14-28)24(30)27-13-16-33-25(31)22(9-4-2)18-20-10-6-5-7-11-20/h3-7,10-11,21-22,28H,1-2,8-9,12-19H2,(H,26,29)(H,27,30)/t21-,22+/m1/s1. The van der Waals surface area contributed by atoms with Crippen molar-refractivity contribution < 1.29 is 29.0 Å². The van der Waals surface area contributed by atoms with Crippen LogP contribution in [-0.4, -0.2) is 62.4 Å². The number of allylic oxidation sites excluding steroid dienone is 2. The number of aliphatic hydroxyl groups is 1. The number of hydrogen-bond donors (Lipinski definition) is 3. The van der Waals surface area contributed by atoms with Gasteiger partial charge in [0.1, 0.15) is 6.61 Å². The third-order valence-corrected chi connectivity index (χ3v) is 4.81. The fourth-order valence-corrected chi connectivity index (χ4v) is 3.16. The highest BCUT2D eigenvalue weighted by Gasteiger charge is 2.22. The van der Waals surface area contributed by atoms with Crippen LogP contribution in [0.4, 0.5) is 0 Å². The molecule has 0 saturated heterocycles. The number of rotatable bonds is 18. The fraction of sp³-hybridized carbons (Fsp3) is 0.480. The molecule has 1 aromatic carbocycles. The molecule has 0 radical (unpaired) electrons. The van der Waals surface area contributed by atoms with E-state index in [-0.39, 0.29) is 63.1 Å². The van der Waals surface area contributed by atoms with Crippen molar-refractivity contribution in [1.82, 2.24) is 10.6 Å². The predicted molar refractivity (Wildman–Crippen MR) is 126 cm³/mol. The Balaban J connectivity index is 2.39. The largest absolute Gasteiger partial charge is 0.464 e. The summed E-state index contributed by atoms with van der Waals surface area (Å²) < 4.78 is 10.4. The van der Waals surface area contributed by atoms with Crippen LogP contribution < -0.4 is 10.6 Å². The summed E-state index contributed by atoms with van der Waals surface area (Å²) in [6.45, 7) is 8.27. The smallest absolute Gasteiger partial charge is 0.309 e. The van der Waals surface area contributed by atoms with Crippen molar-refractivity contribution in [2.45, 2.75) is 25.7 Å². The van der Waals surface area contributed by atoms with Gasteiger partial charge in [0.25, 0.3) is 0 Å². The lowest BCUT2D eigenvalue weighted by molar-refractivity contribution is -0.148. The molecule has 0 aliphatic carbocycles. The van der Waals surface area contributed by atoms with E-state index in [0.29, 0.717) is 25.8 Å². The number of nitrogens with one attached hydrogen (secondary N) is 2. The molecule has 0 aliphatic rings. The van der Waals surface area contributed by atoms with Crippen LogP contribution in [0.15, 0.2) is 55.6 Å². The predicted octanol–water partition coefficient (Wildman–Crippen LogP) is 1.79. The van der Waals surface area contributed by atoms with E-state index in [0.717, 1.165) is 5.56 Å². The van der Waals surface area contributed by atoms with Crippen LogP contribution in [-0.2, 0) is 30.3 Å². The van der Waals surface area contributed by atoms with Gasteiger partial charge in [-0.15, -0.1) is 13.2 Å². The van der Waals surface area contributed by atoms with Crippen LogP contribution in [0, 0.1) is 11.8 Å². The molecular formula is C25H36N2O6. The highest BCUT2D eigenvalue weighted by atomic mass is 16.5. The zero-order valence-corrected chi connectivity index (χ0v) is 19.2. The average Bonchev–Trinajstić information content (AvgIpc) is 2.81. The minimum absolute atomic E-state index is 0.0100. The molecule has 0 heterocycles. The van der Waals surface area contributed by atoms with E-state index in [2.05, 4.69) is 23.8 Å². The first-order chi connectivity index (χ1) is 16.0. The molecule has 0 fully saturated rings. The van der Waals surface area contributed by atoms with Gasteiger partial charge in [-0.2, -0.15) is 0 Å². The molecule has 8 nitrogen and oxygen atoms in total. The fourth-order valence-electron chi connectivity index (χ4n) is 3.16. The Morgan fingerprint density at radius 3 is 2.27 bits per heavy atom. The minimum atomic E-state index is -0.567. The summed E-state index contributed by atoms with van der Waals surface area (Å²) in [6.07, 6.45) is 4.70. The maximum Gasteiger partial charge on any atom is 0.309 e. The normalized spacial score (nSPS) is 12.3. The van der Waals surface area contributed by atoms with Gasteiger partial charge in [-0.25, -0.2) is 0 Å². The number of ether oxygens (including phenoxy) is 2. The number of esters is 1. The SMILES string of the molecule is C=CC[C@H](CC(=O)NCCOCCO)C(=O)NCCOC(=O)[C@@H](CC=C)Cc1ccccc1. The second-order valence-corrected chi connectivity index (χ2v) is 7.48. The molecule has 0 saturated carbocycles. The van der Waals surface area contributed by atoms with E-state index in [1.807, 2.05) is 30.3 Å². The third kappa shape index (κ3) is 12.6. The molecule has 3 N–H and O–H groups in total. The highest BCUT2D eigenvalue weighted by molar-refractivity contribution is 5.85. The first-order valence-corrected chi connectivity index (χ1v) is 11.2. The summed E-state index contributed by atoms with van der Waals surface area (Å²) in [5, 5.41) is 14.0. The summed E-state index contributed by atoms with van der Waals surface area (Å²) >= 11 is 0. The molecule has 1 rings (SSSR count). The lowest BCUT2D eigenvalue weighted by Gasteiger charge is -2.17. The van der Waals surface area contributed by atoms with Crippen molar-refractivity contribution in [3.05, 3.63) is 61.2 Å². The molecule has 0 unspecified atom stereocenters. The van der Waals surface area contributed by atoms with Crippen LogP contribution in [0.1, 0.15) is 24.8 Å². The lowest BCUT2D eigenvalue weighted by atomic mass is 9.96. The van der Waals surface area contributed by atoms with Crippen LogP contribution in [0.3, 0.4) is 0 Å². The second-order valence-electron chi connectivity index (χ2n) is 7.48. The Kier molecular flexibility index (Phi) is 14.9. The van der Waals surface area contributed by atoms with Gasteiger partial charge in [-0.3, -0.25) is 14.4 Å². The van der Waals surface area contributed by atoms with Crippen LogP contribution >= 0.6 is 0 Å². The maximum absolute atomic E-state index is 12.5. The second kappa shape index (κ2) is 17.6. The van der Waals surface area contributed by atoms with E-state index in [4.69, 9.17) is 14.6 Å². The van der Waals surface area contributed by atoms with E-state index >= 15 is 0 Å². The zero-order valence-electron chi connectivity index (χ0n) is 19.2. The highest BCUT2D eigenvalue weighted by Crippen LogP contribution is 2.15. The number of benzene rings is 1. The average molecular weight is 461 g/mol. The number of carbonyl (C=O) groups is 3. The third-order valence-electron chi connectivity index (χ3n) is 4.81. The molecule has 0 spiro atoms. The Morgan fingerprint density at radius 1 is 0.939 bits per heavy atom. The molecule has 8 heteroatoms. The zero-order chi connectivity index (χ0) is 24.3. The van der Waals surface area contributed by atoms with E-state index in [1.165, 1.54) is 0 Å². The Hall–Kier alpha value is -2.97. The first-order valence-electron chi connectivity index (χ1n) is 11.2. The molecule has 0 bridgehead atoms. The van der Waals surface area contributed by atoms with E-state index in [9.17, 15) is 14.4 Å². The molecule has 0 aromatic heterocycles. The summed E-state index contributed by atoms with van der Waals surface area (Å²) in [4.78, 5) is 37.0. The topological polar surface area (TPSA) is 114 Å². The van der Waals surface area contributed by atoms with Gasteiger partial charge in [-0.05, 0) is 24.8 Å².